The molecule has 2 atom stereocenters. The molecule has 2 N–H and O–H groups in total. The number of aromatic carboxylic acids is 1. The monoisotopic (exact) mass is 560 g/mol. The fraction of sp³-hybridized carbons (Fsp3) is 0.370. The number of benzene rings is 2. The van der Waals surface area contributed by atoms with E-state index in [-0.39, 0.29) is 30.4 Å². The van der Waals surface area contributed by atoms with Crippen molar-refractivity contribution in [2.75, 3.05) is 32.3 Å². The predicted molar refractivity (Wildman–Crippen MR) is 144 cm³/mol. The molecule has 1 aliphatic heterocycles. The Hall–Kier alpha value is -3.18. The van der Waals surface area contributed by atoms with E-state index in [1.165, 1.54) is 20.4 Å². The molecule has 4 rings (SSSR count). The van der Waals surface area contributed by atoms with Gasteiger partial charge in [-0.2, -0.15) is 0 Å². The lowest BCUT2D eigenvalue weighted by Gasteiger charge is -2.32. The third-order valence-corrected chi connectivity index (χ3v) is 7.50. The van der Waals surface area contributed by atoms with E-state index >= 15 is 0 Å². The van der Waals surface area contributed by atoms with Gasteiger partial charge in [-0.15, -0.1) is 11.3 Å². The van der Waals surface area contributed by atoms with Crippen molar-refractivity contribution in [1.29, 1.82) is 0 Å². The Morgan fingerprint density at radius 1 is 1.21 bits per heavy atom. The molecular formula is C27H29ClN2O7S. The van der Waals surface area contributed by atoms with Crippen molar-refractivity contribution >= 4 is 40.5 Å². The van der Waals surface area contributed by atoms with Gasteiger partial charge in [0.2, 0.25) is 0 Å². The zero-order valence-electron chi connectivity index (χ0n) is 21.4. The van der Waals surface area contributed by atoms with Crippen molar-refractivity contribution in [2.45, 2.75) is 32.5 Å². The number of rotatable bonds is 9. The third-order valence-electron chi connectivity index (χ3n) is 6.26. The number of thiazole rings is 1. The van der Waals surface area contributed by atoms with Gasteiger partial charge >= 0.3 is 5.97 Å². The molecule has 0 spiro atoms. The summed E-state index contributed by atoms with van der Waals surface area (Å²) in [5.74, 6) is -0.488. The number of carboxylic acid groups (broad SMARTS) is 1. The standard InChI is InChI=1S/C27H29ClN2O7S/c1-27(2,14-31)13-30-18-9-8-15(28)10-17(18)23(16-6-5-7-19(35-3)24(16)36-4)37-20(25(30)32)11-22-29-12-21(38-22)26(33)34/h5-10,12,20,23,31H,11,13-14H2,1-4H3,(H,33,34)/t20-,23-/m1/s1. The number of para-hydroxylation sites is 1. The van der Waals surface area contributed by atoms with E-state index in [0.717, 1.165) is 11.3 Å². The summed E-state index contributed by atoms with van der Waals surface area (Å²) < 4.78 is 17.8. The van der Waals surface area contributed by atoms with Crippen LogP contribution >= 0.6 is 22.9 Å². The minimum atomic E-state index is -1.09. The topological polar surface area (TPSA) is 118 Å². The maximum Gasteiger partial charge on any atom is 0.347 e. The average molecular weight is 561 g/mol. The number of fused-ring (bicyclic) bond motifs is 1. The van der Waals surface area contributed by atoms with Crippen LogP contribution in [0.3, 0.4) is 0 Å². The van der Waals surface area contributed by atoms with Crippen LogP contribution in [0.2, 0.25) is 5.02 Å². The highest BCUT2D eigenvalue weighted by molar-refractivity contribution is 7.13. The second kappa shape index (κ2) is 11.3. The summed E-state index contributed by atoms with van der Waals surface area (Å²) in [6.45, 7) is 3.78. The second-order valence-electron chi connectivity index (χ2n) is 9.66. The molecule has 0 saturated carbocycles. The number of halogens is 1. The number of hydrogen-bond donors (Lipinski definition) is 2. The Bertz CT molecular complexity index is 1340. The van der Waals surface area contributed by atoms with Gasteiger partial charge in [-0.3, -0.25) is 4.79 Å². The molecule has 0 saturated heterocycles. The summed E-state index contributed by atoms with van der Waals surface area (Å²) in [4.78, 5) is 31.4. The van der Waals surface area contributed by atoms with Gasteiger partial charge in [0, 0.05) is 46.8 Å². The molecule has 2 aromatic carbocycles. The van der Waals surface area contributed by atoms with E-state index in [4.69, 9.17) is 25.8 Å². The molecule has 11 heteroatoms. The van der Waals surface area contributed by atoms with Crippen LogP contribution < -0.4 is 14.4 Å². The molecule has 0 bridgehead atoms. The number of carbonyl (C=O) groups is 2. The van der Waals surface area contributed by atoms with Crippen molar-refractivity contribution in [2.24, 2.45) is 5.41 Å². The smallest absolute Gasteiger partial charge is 0.347 e. The quantitative estimate of drug-likeness (QED) is 0.390. The zero-order chi connectivity index (χ0) is 27.6. The summed E-state index contributed by atoms with van der Waals surface area (Å²) in [6, 6.07) is 10.6. The first-order chi connectivity index (χ1) is 18.1. The predicted octanol–water partition coefficient (Wildman–Crippen LogP) is 4.59. The van der Waals surface area contributed by atoms with Gasteiger partial charge in [0.1, 0.15) is 17.1 Å². The second-order valence-corrected chi connectivity index (χ2v) is 11.2. The maximum absolute atomic E-state index is 14.1. The van der Waals surface area contributed by atoms with Gasteiger partial charge in [-0.05, 0) is 24.3 Å². The molecular weight excluding hydrogens is 532 g/mol. The third kappa shape index (κ3) is 5.63. The van der Waals surface area contributed by atoms with Crippen LogP contribution in [-0.4, -0.2) is 60.5 Å². The fourth-order valence-corrected chi connectivity index (χ4v) is 5.33. The van der Waals surface area contributed by atoms with Gasteiger partial charge in [0.15, 0.2) is 11.5 Å². The molecule has 0 fully saturated rings. The van der Waals surface area contributed by atoms with Crippen LogP contribution in [0.5, 0.6) is 11.5 Å². The maximum atomic E-state index is 14.1. The molecule has 202 valence electrons. The van der Waals surface area contributed by atoms with Crippen molar-refractivity contribution in [3.8, 4) is 11.5 Å². The largest absolute Gasteiger partial charge is 0.493 e. The molecule has 9 nitrogen and oxygen atoms in total. The Morgan fingerprint density at radius 2 is 1.97 bits per heavy atom. The fourth-order valence-electron chi connectivity index (χ4n) is 4.37. The molecule has 0 unspecified atom stereocenters. The number of aliphatic hydroxyl groups excluding tert-OH is 1. The van der Waals surface area contributed by atoms with E-state index in [1.54, 1.807) is 35.2 Å². The molecule has 3 aromatic rings. The van der Waals surface area contributed by atoms with Gasteiger partial charge in [0.05, 0.1) is 25.4 Å². The summed E-state index contributed by atoms with van der Waals surface area (Å²) in [7, 11) is 3.06. The van der Waals surface area contributed by atoms with Crippen LogP contribution in [0.4, 0.5) is 5.69 Å². The van der Waals surface area contributed by atoms with Crippen LogP contribution in [-0.2, 0) is 16.0 Å². The van der Waals surface area contributed by atoms with Crippen molar-refractivity contribution in [1.82, 2.24) is 4.98 Å². The van der Waals surface area contributed by atoms with Gasteiger partial charge in [-0.25, -0.2) is 9.78 Å². The summed E-state index contributed by atoms with van der Waals surface area (Å²) >= 11 is 7.43. The van der Waals surface area contributed by atoms with E-state index in [1.807, 2.05) is 19.9 Å². The van der Waals surface area contributed by atoms with Gasteiger partial charge in [-0.1, -0.05) is 37.6 Å². The molecule has 0 aliphatic carbocycles. The number of hydrogen-bond acceptors (Lipinski definition) is 8. The van der Waals surface area contributed by atoms with Gasteiger partial charge < -0.3 is 29.3 Å². The molecule has 0 radical (unpaired) electrons. The summed E-state index contributed by atoms with van der Waals surface area (Å²) in [5, 5.41) is 20.2. The molecule has 1 aliphatic rings. The lowest BCUT2D eigenvalue weighted by molar-refractivity contribution is -0.132. The number of methoxy groups -OCH3 is 2. The van der Waals surface area contributed by atoms with Crippen LogP contribution in [0, 0.1) is 5.41 Å². The molecule has 2 heterocycles. The number of ether oxygens (including phenoxy) is 3. The molecule has 1 aromatic heterocycles. The van der Waals surface area contributed by atoms with E-state index in [9.17, 15) is 19.8 Å². The highest BCUT2D eigenvalue weighted by atomic mass is 35.5. The number of aliphatic hydroxyl groups is 1. The SMILES string of the molecule is COc1cccc([C@H]2O[C@H](Cc3ncc(C(=O)O)s3)C(=O)N(CC(C)(C)CO)c3ccc(Cl)cc32)c1OC. The first kappa shape index (κ1) is 27.8. The number of aromatic nitrogens is 1. The lowest BCUT2D eigenvalue weighted by Crippen LogP contribution is -2.45. The normalized spacial score (nSPS) is 17.6. The lowest BCUT2D eigenvalue weighted by atomic mass is 9.92. The molecule has 1 amide bonds. The van der Waals surface area contributed by atoms with Crippen LogP contribution in [0.25, 0.3) is 0 Å². The number of amides is 1. The Kier molecular flexibility index (Phi) is 8.27. The van der Waals surface area contributed by atoms with Crippen molar-refractivity contribution in [3.63, 3.8) is 0 Å². The zero-order valence-corrected chi connectivity index (χ0v) is 23.0. The van der Waals surface area contributed by atoms with Crippen molar-refractivity contribution in [3.05, 3.63) is 68.6 Å². The highest BCUT2D eigenvalue weighted by Gasteiger charge is 2.40. The molecule has 38 heavy (non-hydrogen) atoms. The van der Waals surface area contributed by atoms with Crippen LogP contribution in [0.15, 0.2) is 42.6 Å². The van der Waals surface area contributed by atoms with E-state index in [2.05, 4.69) is 4.98 Å². The first-order valence-electron chi connectivity index (χ1n) is 11.8. The van der Waals surface area contributed by atoms with E-state index < -0.39 is 23.6 Å². The highest BCUT2D eigenvalue weighted by Crippen LogP contribution is 2.45. The summed E-state index contributed by atoms with van der Waals surface area (Å²) in [5.41, 5.74) is 1.23. The van der Waals surface area contributed by atoms with Crippen LogP contribution in [0.1, 0.15) is 45.8 Å². The minimum absolute atomic E-state index is 0.0529. The summed E-state index contributed by atoms with van der Waals surface area (Å²) in [6.07, 6.45) is -0.488. The number of anilines is 1. The van der Waals surface area contributed by atoms with Gasteiger partial charge in [0.25, 0.3) is 5.91 Å². The first-order valence-corrected chi connectivity index (χ1v) is 13.0. The Labute approximate surface area is 229 Å². The average Bonchev–Trinajstić information content (AvgIpc) is 3.34. The Morgan fingerprint density at radius 3 is 2.61 bits per heavy atom. The van der Waals surface area contributed by atoms with E-state index in [0.29, 0.717) is 38.3 Å². The number of carboxylic acids is 1. The number of nitrogens with zero attached hydrogens (tertiary/aromatic N) is 2. The van der Waals surface area contributed by atoms with Crippen molar-refractivity contribution < 1.29 is 34.0 Å². The minimum Gasteiger partial charge on any atom is -0.493 e. The Balaban J connectivity index is 1.90. The number of carbonyl (C=O) groups excluding carboxylic acids is 1.